The summed E-state index contributed by atoms with van der Waals surface area (Å²) in [5.74, 6) is 0. The summed E-state index contributed by atoms with van der Waals surface area (Å²) in [7, 11) is 2.27. The Morgan fingerprint density at radius 3 is 2.64 bits per heavy atom. The zero-order valence-electron chi connectivity index (χ0n) is 10.1. The monoisotopic (exact) mass is 200 g/mol. The Kier molecular flexibility index (Phi) is 3.96. The number of likely N-dealkylation sites (tertiary alicyclic amines) is 1. The first kappa shape index (κ1) is 12.0. The van der Waals surface area contributed by atoms with Gasteiger partial charge in [0.15, 0.2) is 0 Å². The second-order valence-electron chi connectivity index (χ2n) is 5.42. The van der Waals surface area contributed by atoms with Crippen molar-refractivity contribution in [3.05, 3.63) is 0 Å². The smallest absolute Gasteiger partial charge is 0.0949 e. The number of unbranched alkanes of at least 4 members (excludes halogenated alkanes) is 1. The highest BCUT2D eigenvalue weighted by Gasteiger charge is 2.44. The lowest BCUT2D eigenvalue weighted by molar-refractivity contribution is -0.922. The first-order chi connectivity index (χ1) is 6.50. The number of aliphatic hydroxyl groups excluding tert-OH is 1. The van der Waals surface area contributed by atoms with Gasteiger partial charge in [-0.1, -0.05) is 27.2 Å². The van der Waals surface area contributed by atoms with Crippen LogP contribution in [0.2, 0.25) is 0 Å². The van der Waals surface area contributed by atoms with Gasteiger partial charge in [-0.25, -0.2) is 0 Å². The summed E-state index contributed by atoms with van der Waals surface area (Å²) in [6.45, 7) is 7.81. The molecule has 1 heterocycles. The van der Waals surface area contributed by atoms with E-state index in [2.05, 4.69) is 27.8 Å². The van der Waals surface area contributed by atoms with E-state index in [0.717, 1.165) is 13.0 Å². The molecule has 1 aliphatic rings. The van der Waals surface area contributed by atoms with E-state index in [1.165, 1.54) is 19.3 Å². The standard InChI is InChI=1S/C12H25NO/c1-5-6-7-10-12(2,3)11(14)8-9-13(10)4/h10-11,14H,5-9H2,1-4H3/p+1/t10-,11-/m0/s1. The van der Waals surface area contributed by atoms with Gasteiger partial charge in [-0.15, -0.1) is 0 Å². The fourth-order valence-electron chi connectivity index (χ4n) is 2.80. The zero-order valence-corrected chi connectivity index (χ0v) is 10.1. The summed E-state index contributed by atoms with van der Waals surface area (Å²) in [6, 6.07) is 0.631. The summed E-state index contributed by atoms with van der Waals surface area (Å²) < 4.78 is 0. The number of hydrogen-bond donors (Lipinski definition) is 2. The average molecular weight is 200 g/mol. The lowest BCUT2D eigenvalue weighted by Gasteiger charge is -2.45. The Balaban J connectivity index is 2.65. The molecule has 84 valence electrons. The predicted molar refractivity (Wildman–Crippen MR) is 59.5 cm³/mol. The van der Waals surface area contributed by atoms with Crippen molar-refractivity contribution in [2.45, 2.75) is 58.6 Å². The molecule has 1 rings (SSSR count). The highest BCUT2D eigenvalue weighted by atomic mass is 16.3. The molecule has 1 unspecified atom stereocenters. The van der Waals surface area contributed by atoms with E-state index in [9.17, 15) is 5.11 Å². The summed E-state index contributed by atoms with van der Waals surface area (Å²) in [5.41, 5.74) is 0.0947. The van der Waals surface area contributed by atoms with Crippen LogP contribution in [0.15, 0.2) is 0 Å². The summed E-state index contributed by atoms with van der Waals surface area (Å²) >= 11 is 0. The minimum atomic E-state index is -0.104. The largest absolute Gasteiger partial charge is 0.392 e. The van der Waals surface area contributed by atoms with Crippen LogP contribution in [0.25, 0.3) is 0 Å². The molecule has 14 heavy (non-hydrogen) atoms. The predicted octanol–water partition coefficient (Wildman–Crippen LogP) is 0.851. The van der Waals surface area contributed by atoms with Gasteiger partial charge in [0.1, 0.15) is 0 Å². The first-order valence-corrected chi connectivity index (χ1v) is 6.00. The van der Waals surface area contributed by atoms with Crippen molar-refractivity contribution in [2.75, 3.05) is 13.6 Å². The maximum Gasteiger partial charge on any atom is 0.0949 e. The molecule has 0 amide bonds. The quantitative estimate of drug-likeness (QED) is 0.694. The molecule has 1 saturated heterocycles. The molecular formula is C12H26NO+. The van der Waals surface area contributed by atoms with Crippen molar-refractivity contribution < 1.29 is 10.0 Å². The van der Waals surface area contributed by atoms with Gasteiger partial charge in [0.05, 0.1) is 25.7 Å². The number of piperidine rings is 1. The third-order valence-electron chi connectivity index (χ3n) is 4.01. The molecule has 0 radical (unpaired) electrons. The molecule has 2 nitrogen and oxygen atoms in total. The van der Waals surface area contributed by atoms with E-state index < -0.39 is 0 Å². The van der Waals surface area contributed by atoms with Crippen molar-refractivity contribution in [2.24, 2.45) is 5.41 Å². The number of quaternary nitrogens is 1. The minimum Gasteiger partial charge on any atom is -0.392 e. The van der Waals surface area contributed by atoms with Crippen LogP contribution >= 0.6 is 0 Å². The molecule has 3 atom stereocenters. The molecule has 2 heteroatoms. The third kappa shape index (κ3) is 2.29. The van der Waals surface area contributed by atoms with Crippen molar-refractivity contribution in [1.29, 1.82) is 0 Å². The Hall–Kier alpha value is -0.0800. The van der Waals surface area contributed by atoms with Crippen LogP contribution in [0.4, 0.5) is 0 Å². The van der Waals surface area contributed by atoms with Crippen LogP contribution in [-0.2, 0) is 0 Å². The van der Waals surface area contributed by atoms with Gasteiger partial charge >= 0.3 is 0 Å². The molecule has 0 aromatic carbocycles. The maximum atomic E-state index is 10.0. The highest BCUT2D eigenvalue weighted by Crippen LogP contribution is 2.30. The van der Waals surface area contributed by atoms with Crippen LogP contribution in [0.1, 0.15) is 46.5 Å². The molecule has 0 aliphatic carbocycles. The molecule has 0 aromatic rings. The minimum absolute atomic E-state index is 0.0947. The molecular weight excluding hydrogens is 174 g/mol. The summed E-state index contributed by atoms with van der Waals surface area (Å²) in [4.78, 5) is 1.61. The van der Waals surface area contributed by atoms with E-state index in [4.69, 9.17) is 0 Å². The van der Waals surface area contributed by atoms with Crippen molar-refractivity contribution in [3.8, 4) is 0 Å². The van der Waals surface area contributed by atoms with Gasteiger partial charge in [-0.2, -0.15) is 0 Å². The molecule has 2 N–H and O–H groups in total. The second kappa shape index (κ2) is 4.63. The second-order valence-corrected chi connectivity index (χ2v) is 5.42. The topological polar surface area (TPSA) is 24.7 Å². The average Bonchev–Trinajstić information content (AvgIpc) is 2.12. The van der Waals surface area contributed by atoms with Crippen molar-refractivity contribution >= 4 is 0 Å². The Bertz CT molecular complexity index is 179. The lowest BCUT2D eigenvalue weighted by Crippen LogP contribution is -3.16. The third-order valence-corrected chi connectivity index (χ3v) is 4.01. The van der Waals surface area contributed by atoms with E-state index in [0.29, 0.717) is 6.04 Å². The van der Waals surface area contributed by atoms with Gasteiger partial charge in [-0.3, -0.25) is 0 Å². The van der Waals surface area contributed by atoms with Gasteiger partial charge in [0, 0.05) is 11.8 Å². The Morgan fingerprint density at radius 2 is 2.07 bits per heavy atom. The Labute approximate surface area is 88.3 Å². The lowest BCUT2D eigenvalue weighted by atomic mass is 9.72. The van der Waals surface area contributed by atoms with Crippen LogP contribution < -0.4 is 4.90 Å². The molecule has 0 saturated carbocycles. The molecule has 0 bridgehead atoms. The van der Waals surface area contributed by atoms with Crippen LogP contribution in [0, 0.1) is 5.41 Å². The van der Waals surface area contributed by atoms with E-state index in [1.807, 2.05) is 0 Å². The zero-order chi connectivity index (χ0) is 10.8. The first-order valence-electron chi connectivity index (χ1n) is 6.00. The van der Waals surface area contributed by atoms with E-state index in [-0.39, 0.29) is 11.5 Å². The van der Waals surface area contributed by atoms with Crippen molar-refractivity contribution in [3.63, 3.8) is 0 Å². The normalized spacial score (nSPS) is 37.1. The summed E-state index contributed by atoms with van der Waals surface area (Å²) in [5, 5.41) is 10.0. The van der Waals surface area contributed by atoms with Gasteiger partial charge in [-0.05, 0) is 12.8 Å². The van der Waals surface area contributed by atoms with Crippen LogP contribution in [0.5, 0.6) is 0 Å². The fraction of sp³-hybridized carbons (Fsp3) is 1.00. The number of hydrogen-bond acceptors (Lipinski definition) is 1. The van der Waals surface area contributed by atoms with E-state index >= 15 is 0 Å². The SMILES string of the molecule is CCCC[C@@H]1[NH+](C)CC[C@H](O)C1(C)C. The van der Waals surface area contributed by atoms with Crippen LogP contribution in [-0.4, -0.2) is 30.8 Å². The van der Waals surface area contributed by atoms with E-state index in [1.54, 1.807) is 4.90 Å². The number of rotatable bonds is 3. The van der Waals surface area contributed by atoms with Crippen LogP contribution in [0.3, 0.4) is 0 Å². The fourth-order valence-corrected chi connectivity index (χ4v) is 2.80. The summed E-state index contributed by atoms with van der Waals surface area (Å²) in [6.07, 6.45) is 4.66. The number of aliphatic hydroxyl groups is 1. The van der Waals surface area contributed by atoms with Gasteiger partial charge in [0.2, 0.25) is 0 Å². The number of nitrogens with one attached hydrogen (secondary N) is 1. The molecule has 0 spiro atoms. The molecule has 1 fully saturated rings. The molecule has 1 aliphatic heterocycles. The van der Waals surface area contributed by atoms with Gasteiger partial charge < -0.3 is 10.0 Å². The maximum absolute atomic E-state index is 10.0. The highest BCUT2D eigenvalue weighted by molar-refractivity contribution is 4.87. The van der Waals surface area contributed by atoms with Gasteiger partial charge in [0.25, 0.3) is 0 Å². The Morgan fingerprint density at radius 1 is 1.43 bits per heavy atom. The van der Waals surface area contributed by atoms with Crippen molar-refractivity contribution in [1.82, 2.24) is 0 Å². The molecule has 0 aromatic heterocycles.